The molecule has 0 aliphatic rings. The number of nitriles is 1. The monoisotopic (exact) mass is 292 g/mol. The van der Waals surface area contributed by atoms with Gasteiger partial charge in [0, 0.05) is 18.7 Å². The zero-order chi connectivity index (χ0) is 15.8. The number of hydrogen-bond donors (Lipinski definition) is 2. The van der Waals surface area contributed by atoms with Crippen molar-refractivity contribution in [3.63, 3.8) is 0 Å². The highest BCUT2D eigenvalue weighted by molar-refractivity contribution is 5.91. The van der Waals surface area contributed by atoms with Crippen molar-refractivity contribution in [1.82, 2.24) is 4.90 Å². The fourth-order valence-electron chi connectivity index (χ4n) is 1.96. The molecule has 1 aromatic carbocycles. The molecular formula is C15H21FN4O. The van der Waals surface area contributed by atoms with E-state index in [1.165, 1.54) is 18.2 Å². The molecule has 0 saturated heterocycles. The van der Waals surface area contributed by atoms with Crippen LogP contribution in [-0.4, -0.2) is 30.9 Å². The van der Waals surface area contributed by atoms with Crippen LogP contribution in [0.3, 0.4) is 0 Å². The van der Waals surface area contributed by atoms with Gasteiger partial charge in [0.1, 0.15) is 5.82 Å². The van der Waals surface area contributed by atoms with Crippen molar-refractivity contribution in [3.8, 4) is 6.07 Å². The van der Waals surface area contributed by atoms with Crippen molar-refractivity contribution >= 4 is 17.3 Å². The Labute approximate surface area is 124 Å². The maximum atomic E-state index is 13.5. The molecule has 1 atom stereocenters. The average molecular weight is 292 g/mol. The van der Waals surface area contributed by atoms with Crippen LogP contribution in [0.1, 0.15) is 19.8 Å². The predicted molar refractivity (Wildman–Crippen MR) is 81.0 cm³/mol. The van der Waals surface area contributed by atoms with E-state index < -0.39 is 5.82 Å². The Kier molecular flexibility index (Phi) is 6.63. The topological polar surface area (TPSA) is 82.2 Å². The number of carbonyl (C=O) groups excluding carboxylic acids is 1. The van der Waals surface area contributed by atoms with E-state index in [0.717, 1.165) is 0 Å². The summed E-state index contributed by atoms with van der Waals surface area (Å²) < 4.78 is 13.5. The largest absolute Gasteiger partial charge is 0.399 e. The third-order valence-electron chi connectivity index (χ3n) is 3.01. The molecule has 1 unspecified atom stereocenters. The first-order valence-corrected chi connectivity index (χ1v) is 6.85. The normalized spacial score (nSPS) is 12.0. The molecule has 6 heteroatoms. The Balaban J connectivity index is 2.35. The Morgan fingerprint density at radius 1 is 1.57 bits per heavy atom. The first-order valence-electron chi connectivity index (χ1n) is 6.85. The van der Waals surface area contributed by atoms with Gasteiger partial charge in [-0.1, -0.05) is 0 Å². The number of anilines is 2. The number of rotatable bonds is 7. The second-order valence-corrected chi connectivity index (χ2v) is 5.18. The molecular weight excluding hydrogens is 271 g/mol. The minimum absolute atomic E-state index is 0.0368. The van der Waals surface area contributed by atoms with Gasteiger partial charge in [-0.25, -0.2) is 4.39 Å². The number of amides is 1. The van der Waals surface area contributed by atoms with E-state index >= 15 is 0 Å². The smallest absolute Gasteiger partial charge is 0.224 e. The zero-order valence-electron chi connectivity index (χ0n) is 12.4. The summed E-state index contributed by atoms with van der Waals surface area (Å²) in [6.45, 7) is 3.23. The summed E-state index contributed by atoms with van der Waals surface area (Å²) in [6.07, 6.45) is 0.934. The Bertz CT molecular complexity index is 527. The number of nitrogens with zero attached hydrogens (tertiary/aromatic N) is 2. The summed E-state index contributed by atoms with van der Waals surface area (Å²) in [7, 11) is 1.91. The van der Waals surface area contributed by atoms with Crippen LogP contribution in [0.5, 0.6) is 0 Å². The summed E-state index contributed by atoms with van der Waals surface area (Å²) in [5.41, 5.74) is 6.05. The average Bonchev–Trinajstić information content (AvgIpc) is 2.42. The summed E-state index contributed by atoms with van der Waals surface area (Å²) >= 11 is 0. The van der Waals surface area contributed by atoms with Gasteiger partial charge in [0.25, 0.3) is 0 Å². The molecule has 0 aliphatic carbocycles. The molecule has 114 valence electrons. The first-order chi connectivity index (χ1) is 9.92. The lowest BCUT2D eigenvalue weighted by atomic mass is 10.2. The SMILES string of the molecule is CC(C#N)CN(C)CCCC(=O)Nc1cc(N)ccc1F. The maximum absolute atomic E-state index is 13.5. The van der Waals surface area contributed by atoms with Gasteiger partial charge in [0.15, 0.2) is 0 Å². The van der Waals surface area contributed by atoms with Crippen molar-refractivity contribution < 1.29 is 9.18 Å². The molecule has 5 nitrogen and oxygen atoms in total. The van der Waals surface area contributed by atoms with Crippen molar-refractivity contribution in [2.24, 2.45) is 5.92 Å². The number of nitrogens with two attached hydrogens (primary N) is 1. The summed E-state index contributed by atoms with van der Waals surface area (Å²) in [4.78, 5) is 13.7. The fourth-order valence-corrected chi connectivity index (χ4v) is 1.96. The minimum Gasteiger partial charge on any atom is -0.399 e. The number of hydrogen-bond acceptors (Lipinski definition) is 4. The van der Waals surface area contributed by atoms with Crippen LogP contribution in [0, 0.1) is 23.1 Å². The van der Waals surface area contributed by atoms with Gasteiger partial charge in [-0.15, -0.1) is 0 Å². The molecule has 0 saturated carbocycles. The highest BCUT2D eigenvalue weighted by Crippen LogP contribution is 2.17. The number of halogens is 1. The van der Waals surface area contributed by atoms with Gasteiger partial charge in [0.2, 0.25) is 5.91 Å². The van der Waals surface area contributed by atoms with Crippen LogP contribution in [0.4, 0.5) is 15.8 Å². The molecule has 21 heavy (non-hydrogen) atoms. The number of benzene rings is 1. The molecule has 0 radical (unpaired) electrons. The standard InChI is InChI=1S/C15H21FN4O/c1-11(9-17)10-20(2)7-3-4-15(21)19-14-8-12(18)5-6-13(14)16/h5-6,8,11H,3-4,7,10,18H2,1-2H3,(H,19,21). The summed E-state index contributed by atoms with van der Waals surface area (Å²) in [6, 6.07) is 6.23. The van der Waals surface area contributed by atoms with Crippen molar-refractivity contribution in [3.05, 3.63) is 24.0 Å². The predicted octanol–water partition coefficient (Wildman–Crippen LogP) is 2.22. The molecule has 0 bridgehead atoms. The van der Waals surface area contributed by atoms with E-state index in [1.54, 1.807) is 0 Å². The minimum atomic E-state index is -0.502. The highest BCUT2D eigenvalue weighted by atomic mass is 19.1. The quantitative estimate of drug-likeness (QED) is 0.755. The van der Waals surface area contributed by atoms with Gasteiger partial charge in [-0.2, -0.15) is 5.26 Å². The van der Waals surface area contributed by atoms with Gasteiger partial charge in [-0.05, 0) is 45.1 Å². The van der Waals surface area contributed by atoms with Gasteiger partial charge >= 0.3 is 0 Å². The molecule has 1 aromatic rings. The van der Waals surface area contributed by atoms with E-state index in [9.17, 15) is 9.18 Å². The lowest BCUT2D eigenvalue weighted by molar-refractivity contribution is -0.116. The Morgan fingerprint density at radius 2 is 2.29 bits per heavy atom. The van der Waals surface area contributed by atoms with Crippen LogP contribution in [0.15, 0.2) is 18.2 Å². The Morgan fingerprint density at radius 3 is 2.95 bits per heavy atom. The molecule has 0 aliphatic heterocycles. The summed E-state index contributed by atoms with van der Waals surface area (Å²) in [5.74, 6) is -0.788. The van der Waals surface area contributed by atoms with E-state index in [-0.39, 0.29) is 17.5 Å². The van der Waals surface area contributed by atoms with Crippen LogP contribution in [-0.2, 0) is 4.79 Å². The Hall–Kier alpha value is -2.13. The fraction of sp³-hybridized carbons (Fsp3) is 0.467. The second-order valence-electron chi connectivity index (χ2n) is 5.18. The number of nitrogens with one attached hydrogen (secondary N) is 1. The van der Waals surface area contributed by atoms with Crippen molar-refractivity contribution in [2.45, 2.75) is 19.8 Å². The molecule has 0 fully saturated rings. The van der Waals surface area contributed by atoms with Gasteiger partial charge in [0.05, 0.1) is 17.7 Å². The number of carbonyl (C=O) groups is 1. The van der Waals surface area contributed by atoms with E-state index in [2.05, 4.69) is 11.4 Å². The third-order valence-corrected chi connectivity index (χ3v) is 3.01. The van der Waals surface area contributed by atoms with Crippen LogP contribution >= 0.6 is 0 Å². The molecule has 1 amide bonds. The van der Waals surface area contributed by atoms with E-state index in [4.69, 9.17) is 11.0 Å². The second kappa shape index (κ2) is 8.22. The lowest BCUT2D eigenvalue weighted by Crippen LogP contribution is -2.25. The molecule has 0 aromatic heterocycles. The van der Waals surface area contributed by atoms with Gasteiger partial charge in [-0.3, -0.25) is 4.79 Å². The molecule has 1 rings (SSSR count). The van der Waals surface area contributed by atoms with Gasteiger partial charge < -0.3 is 16.0 Å². The highest BCUT2D eigenvalue weighted by Gasteiger charge is 2.09. The maximum Gasteiger partial charge on any atom is 0.224 e. The zero-order valence-corrected chi connectivity index (χ0v) is 12.4. The molecule has 3 N–H and O–H groups in total. The van der Waals surface area contributed by atoms with Crippen LogP contribution in [0.2, 0.25) is 0 Å². The van der Waals surface area contributed by atoms with Crippen LogP contribution < -0.4 is 11.1 Å². The number of nitrogen functional groups attached to an aromatic ring is 1. The van der Waals surface area contributed by atoms with E-state index in [0.29, 0.717) is 31.6 Å². The first kappa shape index (κ1) is 16.9. The molecule has 0 heterocycles. The van der Waals surface area contributed by atoms with E-state index in [1.807, 2.05) is 18.9 Å². The van der Waals surface area contributed by atoms with Crippen molar-refractivity contribution in [2.75, 3.05) is 31.2 Å². The lowest BCUT2D eigenvalue weighted by Gasteiger charge is -2.17. The molecule has 0 spiro atoms. The van der Waals surface area contributed by atoms with Crippen molar-refractivity contribution in [1.29, 1.82) is 5.26 Å². The van der Waals surface area contributed by atoms with Crippen LogP contribution in [0.25, 0.3) is 0 Å². The summed E-state index contributed by atoms with van der Waals surface area (Å²) in [5, 5.41) is 11.2. The third kappa shape index (κ3) is 6.23.